The summed E-state index contributed by atoms with van der Waals surface area (Å²) in [5.74, 6) is 0.139. The summed E-state index contributed by atoms with van der Waals surface area (Å²) in [5, 5.41) is 3.25. The van der Waals surface area contributed by atoms with Gasteiger partial charge >= 0.3 is 0 Å². The second kappa shape index (κ2) is 15.5. The highest BCUT2D eigenvalue weighted by Gasteiger charge is 2.45. The van der Waals surface area contributed by atoms with Crippen LogP contribution in [-0.2, 0) is 39.1 Å². The van der Waals surface area contributed by atoms with Crippen LogP contribution >= 0.6 is 0 Å². The summed E-state index contributed by atoms with van der Waals surface area (Å²) in [7, 11) is -3.65. The van der Waals surface area contributed by atoms with Crippen molar-refractivity contribution < 1.29 is 22.8 Å². The Labute approximate surface area is 350 Å². The molecule has 1 unspecified atom stereocenters. The van der Waals surface area contributed by atoms with Crippen LogP contribution in [0.2, 0.25) is 0 Å². The number of sulfonamides is 1. The van der Waals surface area contributed by atoms with Gasteiger partial charge in [-0.1, -0.05) is 25.0 Å². The molecule has 60 heavy (non-hydrogen) atoms. The van der Waals surface area contributed by atoms with E-state index in [2.05, 4.69) is 26.2 Å². The predicted octanol–water partition coefficient (Wildman–Crippen LogP) is 4.41. The summed E-state index contributed by atoms with van der Waals surface area (Å²) in [6.45, 7) is 5.77. The number of carbonyl (C=O) groups excluding carboxylic acids is 3. The maximum atomic E-state index is 13.9. The first kappa shape index (κ1) is 39.2. The maximum Gasteiger partial charge on any atom is 0.255 e. The van der Waals surface area contributed by atoms with Gasteiger partial charge in [0.15, 0.2) is 0 Å². The zero-order chi connectivity index (χ0) is 41.2. The second-order valence-corrected chi connectivity index (χ2v) is 20.1. The molecule has 5 fully saturated rings. The number of piperidine rings is 3. The first-order chi connectivity index (χ1) is 29.0. The first-order valence-electron chi connectivity index (χ1n) is 21.7. The van der Waals surface area contributed by atoms with E-state index in [0.717, 1.165) is 99.7 Å². The molecule has 4 saturated heterocycles. The fraction of sp³-hybridized carbons (Fsp3) is 0.511. The Morgan fingerprint density at radius 3 is 2.40 bits per heavy atom. The second-order valence-electron chi connectivity index (χ2n) is 18.1. The molecule has 15 heteroatoms. The lowest BCUT2D eigenvalue weighted by Crippen LogP contribution is -2.59. The molecule has 10 rings (SSSR count). The number of likely N-dealkylation sites (tertiary alicyclic amines) is 1. The van der Waals surface area contributed by atoms with Crippen LogP contribution in [-0.4, -0.2) is 100 Å². The highest BCUT2D eigenvalue weighted by molar-refractivity contribution is 7.89. The minimum Gasteiger partial charge on any atom is -0.371 e. The lowest BCUT2D eigenvalue weighted by molar-refractivity contribution is -0.136. The highest BCUT2D eigenvalue weighted by atomic mass is 32.2. The number of nitrogens with one attached hydrogen (secondary N) is 1. The van der Waals surface area contributed by atoms with Crippen molar-refractivity contribution in [1.82, 2.24) is 34.0 Å². The number of imide groups is 1. The van der Waals surface area contributed by atoms with E-state index < -0.39 is 22.0 Å². The van der Waals surface area contributed by atoms with E-state index in [0.29, 0.717) is 61.0 Å². The number of hydrogen-bond acceptors (Lipinski definition) is 10. The van der Waals surface area contributed by atoms with E-state index in [1.807, 2.05) is 47.2 Å². The molecule has 14 nitrogen and oxygen atoms in total. The largest absolute Gasteiger partial charge is 0.371 e. The van der Waals surface area contributed by atoms with Crippen molar-refractivity contribution >= 4 is 44.5 Å². The molecule has 314 valence electrons. The van der Waals surface area contributed by atoms with Crippen LogP contribution in [0.25, 0.3) is 11.0 Å². The van der Waals surface area contributed by atoms with Crippen LogP contribution in [0, 0.1) is 11.3 Å². The molecule has 7 heterocycles. The molecule has 2 aromatic heterocycles. The zero-order valence-corrected chi connectivity index (χ0v) is 34.7. The summed E-state index contributed by atoms with van der Waals surface area (Å²) in [4.78, 5) is 66.5. The number of benzene rings is 2. The van der Waals surface area contributed by atoms with Crippen molar-refractivity contribution in [2.45, 2.75) is 101 Å². The summed E-state index contributed by atoms with van der Waals surface area (Å²) in [5.41, 5.74) is 4.59. The Hall–Kier alpha value is -4.99. The average molecular weight is 833 g/mol. The molecule has 1 aliphatic carbocycles. The number of hydrogen-bond donors (Lipinski definition) is 1. The minimum absolute atomic E-state index is 0.00897. The maximum absolute atomic E-state index is 13.9. The van der Waals surface area contributed by atoms with Gasteiger partial charge in [0.05, 0.1) is 4.90 Å². The van der Waals surface area contributed by atoms with E-state index >= 15 is 0 Å². The van der Waals surface area contributed by atoms with Crippen LogP contribution in [0.3, 0.4) is 0 Å². The molecule has 1 spiro atoms. The van der Waals surface area contributed by atoms with Gasteiger partial charge in [0.1, 0.15) is 17.5 Å². The Morgan fingerprint density at radius 2 is 1.63 bits per heavy atom. The van der Waals surface area contributed by atoms with Crippen LogP contribution in [0.15, 0.2) is 70.5 Å². The normalized spacial score (nSPS) is 23.1. The quantitative estimate of drug-likeness (QED) is 0.240. The number of fused-ring (bicyclic) bond motifs is 2. The van der Waals surface area contributed by atoms with Crippen molar-refractivity contribution in [2.75, 3.05) is 44.2 Å². The van der Waals surface area contributed by atoms with Crippen LogP contribution in [0.4, 0.5) is 5.69 Å². The third kappa shape index (κ3) is 7.31. The number of carbonyl (C=O) groups is 3. The van der Waals surface area contributed by atoms with Crippen molar-refractivity contribution in [1.29, 1.82) is 0 Å². The Balaban J connectivity index is 0.711. The van der Waals surface area contributed by atoms with Gasteiger partial charge in [0.25, 0.3) is 11.5 Å². The van der Waals surface area contributed by atoms with Crippen molar-refractivity contribution in [3.05, 3.63) is 93.7 Å². The predicted molar refractivity (Wildman–Crippen MR) is 225 cm³/mol. The van der Waals surface area contributed by atoms with Gasteiger partial charge in [-0.3, -0.25) is 34.0 Å². The number of aromatic nitrogens is 3. The average Bonchev–Trinajstić information content (AvgIpc) is 3.89. The lowest BCUT2D eigenvalue weighted by atomic mass is 9.72. The van der Waals surface area contributed by atoms with Gasteiger partial charge in [0.2, 0.25) is 21.8 Å². The molecule has 0 bridgehead atoms. The fourth-order valence-corrected chi connectivity index (χ4v) is 12.4. The fourth-order valence-electron chi connectivity index (χ4n) is 10.8. The molecular formula is C45H52N8O6S. The zero-order valence-electron chi connectivity index (χ0n) is 33.9. The molecule has 2 aromatic carbocycles. The molecule has 6 aliphatic rings. The van der Waals surface area contributed by atoms with Crippen LogP contribution in [0.5, 0.6) is 0 Å². The van der Waals surface area contributed by atoms with Gasteiger partial charge in [0, 0.05) is 100 Å². The summed E-state index contributed by atoms with van der Waals surface area (Å²) in [6.07, 6.45) is 10.9. The summed E-state index contributed by atoms with van der Waals surface area (Å²) in [6, 6.07) is 16.4. The Bertz CT molecular complexity index is 2530. The van der Waals surface area contributed by atoms with E-state index in [1.54, 1.807) is 21.3 Å². The molecule has 1 saturated carbocycles. The van der Waals surface area contributed by atoms with E-state index in [9.17, 15) is 27.6 Å². The molecule has 3 amide bonds. The van der Waals surface area contributed by atoms with Crippen molar-refractivity contribution in [3.63, 3.8) is 0 Å². The monoisotopic (exact) mass is 832 g/mol. The highest BCUT2D eigenvalue weighted by Crippen LogP contribution is 2.43. The number of amides is 3. The summed E-state index contributed by atoms with van der Waals surface area (Å²) < 4.78 is 31.3. The molecule has 0 radical (unpaired) electrons. The number of anilines is 1. The van der Waals surface area contributed by atoms with Crippen molar-refractivity contribution in [2.24, 2.45) is 11.3 Å². The molecule has 4 aromatic rings. The molecule has 1 atom stereocenters. The van der Waals surface area contributed by atoms with E-state index in [1.165, 1.54) is 0 Å². The van der Waals surface area contributed by atoms with E-state index in [4.69, 9.17) is 4.98 Å². The van der Waals surface area contributed by atoms with Crippen LogP contribution < -0.4 is 15.8 Å². The molecule has 1 N–H and O–H groups in total. The third-order valence-electron chi connectivity index (χ3n) is 14.2. The Morgan fingerprint density at radius 1 is 0.850 bits per heavy atom. The Kier molecular flexibility index (Phi) is 10.1. The van der Waals surface area contributed by atoms with Gasteiger partial charge < -0.3 is 9.80 Å². The molecule has 5 aliphatic heterocycles. The standard InChI is InChI=1S/C45H52N8O6S/c54-40-12-11-38(43(56)48-40)52-27-33-24-35(9-10-37(33)44(52)57)50-20-16-45(17-21-50)28-49(29-45)26-31-4-3-7-36(22-31)60(58,59)51-18-14-30(15-19-51)23-39-46-25-32-8-13-41(55)53(42(32)47-39)34-5-1-2-6-34/h3-4,7-10,13,22,24-25,30,34,38H,1-2,5-6,11-12,14-21,23,26-29H2,(H,48,54,56). The van der Waals surface area contributed by atoms with Gasteiger partial charge in [-0.2, -0.15) is 4.31 Å². The SMILES string of the molecule is O=C1CCC(N2Cc3cc(N4CCC5(CC4)CN(Cc4cccc(S(=O)(=O)N6CCC(Cc7ncc8ccc(=O)n(C9CCCC9)c8n7)CC6)c4)C5)ccc3C2=O)C(=O)N1. The number of pyridine rings is 1. The first-order valence-corrected chi connectivity index (χ1v) is 23.2. The molecular weight excluding hydrogens is 781 g/mol. The van der Waals surface area contributed by atoms with Gasteiger partial charge in [-0.15, -0.1) is 0 Å². The van der Waals surface area contributed by atoms with Gasteiger partial charge in [-0.25, -0.2) is 18.4 Å². The number of nitrogens with zero attached hydrogens (tertiary/aromatic N) is 7. The minimum atomic E-state index is -3.65. The lowest BCUT2D eigenvalue weighted by Gasteiger charge is -2.54. The van der Waals surface area contributed by atoms with Crippen molar-refractivity contribution in [3.8, 4) is 0 Å². The summed E-state index contributed by atoms with van der Waals surface area (Å²) >= 11 is 0. The topological polar surface area (TPSA) is 158 Å². The smallest absolute Gasteiger partial charge is 0.255 e. The number of rotatable bonds is 9. The van der Waals surface area contributed by atoms with E-state index in [-0.39, 0.29) is 41.2 Å². The van der Waals surface area contributed by atoms with Gasteiger partial charge in [-0.05, 0) is 104 Å². The van der Waals surface area contributed by atoms with Crippen LogP contribution in [0.1, 0.15) is 97.6 Å². The third-order valence-corrected chi connectivity index (χ3v) is 16.1.